The molecule has 0 saturated heterocycles. The van der Waals surface area contributed by atoms with Gasteiger partial charge in [-0.3, -0.25) is 4.79 Å². The average Bonchev–Trinajstić information content (AvgIpc) is 2.85. The lowest BCUT2D eigenvalue weighted by molar-refractivity contribution is -0.123. The van der Waals surface area contributed by atoms with E-state index in [2.05, 4.69) is 5.32 Å². The van der Waals surface area contributed by atoms with E-state index in [9.17, 15) is 9.90 Å². The molecule has 0 aliphatic heterocycles. The van der Waals surface area contributed by atoms with Crippen molar-refractivity contribution in [3.63, 3.8) is 0 Å². The van der Waals surface area contributed by atoms with Crippen molar-refractivity contribution >= 4 is 5.91 Å². The minimum Gasteiger partial charge on any atom is -0.393 e. The number of hydrogen-bond donors (Lipinski definition) is 2. The van der Waals surface area contributed by atoms with Crippen molar-refractivity contribution < 1.29 is 9.90 Å². The van der Waals surface area contributed by atoms with Crippen LogP contribution in [-0.2, 0) is 4.79 Å². The van der Waals surface area contributed by atoms with Crippen LogP contribution in [0.1, 0.15) is 44.9 Å². The van der Waals surface area contributed by atoms with E-state index >= 15 is 0 Å². The van der Waals surface area contributed by atoms with Crippen LogP contribution in [-0.4, -0.2) is 23.7 Å². The van der Waals surface area contributed by atoms with Gasteiger partial charge in [0.1, 0.15) is 0 Å². The molecule has 3 nitrogen and oxygen atoms in total. The lowest BCUT2D eigenvalue weighted by Gasteiger charge is -2.26. The maximum atomic E-state index is 12.3. The Morgan fingerprint density at radius 2 is 1.79 bits per heavy atom. The van der Waals surface area contributed by atoms with Crippen LogP contribution in [0.4, 0.5) is 0 Å². The quantitative estimate of drug-likeness (QED) is 0.817. The molecule has 4 fully saturated rings. The fraction of sp³-hybridized carbons (Fsp3) is 0.938. The first-order valence-electron chi connectivity index (χ1n) is 8.20. The molecular weight excluding hydrogens is 238 g/mol. The van der Waals surface area contributed by atoms with Gasteiger partial charge in [0.05, 0.1) is 6.10 Å². The average molecular weight is 263 g/mol. The zero-order valence-electron chi connectivity index (χ0n) is 11.6. The van der Waals surface area contributed by atoms with Crippen LogP contribution in [0.3, 0.4) is 0 Å². The zero-order chi connectivity index (χ0) is 13.0. The van der Waals surface area contributed by atoms with Crippen LogP contribution in [0, 0.1) is 35.5 Å². The third-order valence-corrected chi connectivity index (χ3v) is 6.36. The molecule has 0 aromatic rings. The summed E-state index contributed by atoms with van der Waals surface area (Å²) >= 11 is 0. The highest BCUT2D eigenvalue weighted by Crippen LogP contribution is 2.69. The van der Waals surface area contributed by atoms with Crippen molar-refractivity contribution in [2.75, 3.05) is 6.54 Å². The number of aliphatic hydroxyl groups excluding tert-OH is 1. The monoisotopic (exact) mass is 263 g/mol. The van der Waals surface area contributed by atoms with Gasteiger partial charge in [0.25, 0.3) is 0 Å². The normalized spacial score (nSPS) is 50.9. The number of hydrogen-bond acceptors (Lipinski definition) is 2. The number of amides is 1. The summed E-state index contributed by atoms with van der Waals surface area (Å²) in [6, 6.07) is 0. The number of nitrogens with one attached hydrogen (secondary N) is 1. The van der Waals surface area contributed by atoms with Gasteiger partial charge in [-0.2, -0.15) is 0 Å². The highest BCUT2D eigenvalue weighted by molar-refractivity contribution is 5.82. The van der Waals surface area contributed by atoms with E-state index in [4.69, 9.17) is 0 Å². The van der Waals surface area contributed by atoms with E-state index in [0.717, 1.165) is 49.5 Å². The van der Waals surface area contributed by atoms with Crippen molar-refractivity contribution in [2.24, 2.45) is 35.5 Å². The first-order chi connectivity index (χ1) is 9.24. The molecule has 1 amide bonds. The molecule has 4 saturated carbocycles. The topological polar surface area (TPSA) is 49.3 Å². The van der Waals surface area contributed by atoms with Gasteiger partial charge in [-0.1, -0.05) is 6.42 Å². The zero-order valence-corrected chi connectivity index (χ0v) is 11.6. The van der Waals surface area contributed by atoms with E-state index in [1.807, 2.05) is 0 Å². The minimum absolute atomic E-state index is 0.133. The fourth-order valence-corrected chi connectivity index (χ4v) is 5.49. The van der Waals surface area contributed by atoms with Gasteiger partial charge < -0.3 is 10.4 Å². The van der Waals surface area contributed by atoms with Crippen LogP contribution < -0.4 is 5.32 Å². The summed E-state index contributed by atoms with van der Waals surface area (Å²) in [5, 5.41) is 12.8. The predicted molar refractivity (Wildman–Crippen MR) is 72.3 cm³/mol. The second kappa shape index (κ2) is 4.47. The molecule has 2 N–H and O–H groups in total. The Morgan fingerprint density at radius 1 is 1.05 bits per heavy atom. The summed E-state index contributed by atoms with van der Waals surface area (Å²) in [6.07, 6.45) is 8.14. The Balaban J connectivity index is 1.27. The van der Waals surface area contributed by atoms with Gasteiger partial charge in [-0.25, -0.2) is 0 Å². The van der Waals surface area contributed by atoms with Crippen molar-refractivity contribution in [2.45, 2.75) is 51.0 Å². The first-order valence-corrected chi connectivity index (χ1v) is 8.20. The maximum Gasteiger partial charge on any atom is 0.223 e. The van der Waals surface area contributed by atoms with Gasteiger partial charge in [0.15, 0.2) is 0 Å². The summed E-state index contributed by atoms with van der Waals surface area (Å²) in [7, 11) is 0. The highest BCUT2D eigenvalue weighted by Gasteiger charge is 2.67. The van der Waals surface area contributed by atoms with Gasteiger partial charge in [-0.05, 0) is 68.1 Å². The van der Waals surface area contributed by atoms with E-state index in [-0.39, 0.29) is 6.10 Å². The molecule has 4 aliphatic carbocycles. The van der Waals surface area contributed by atoms with Crippen LogP contribution in [0.25, 0.3) is 0 Å². The van der Waals surface area contributed by atoms with Gasteiger partial charge in [0, 0.05) is 12.5 Å². The fourth-order valence-electron chi connectivity index (χ4n) is 5.49. The van der Waals surface area contributed by atoms with Crippen molar-refractivity contribution in [1.29, 1.82) is 0 Å². The van der Waals surface area contributed by atoms with E-state index in [1.54, 1.807) is 0 Å². The smallest absolute Gasteiger partial charge is 0.223 e. The lowest BCUT2D eigenvalue weighted by atomic mass is 9.87. The molecule has 6 unspecified atom stereocenters. The summed E-state index contributed by atoms with van der Waals surface area (Å²) in [4.78, 5) is 12.3. The van der Waals surface area contributed by atoms with E-state index in [1.165, 1.54) is 25.7 Å². The van der Waals surface area contributed by atoms with Crippen molar-refractivity contribution in [3.05, 3.63) is 0 Å². The Hall–Kier alpha value is -0.570. The van der Waals surface area contributed by atoms with Gasteiger partial charge >= 0.3 is 0 Å². The largest absolute Gasteiger partial charge is 0.393 e. The van der Waals surface area contributed by atoms with Crippen LogP contribution in [0.15, 0.2) is 0 Å². The molecule has 4 aliphatic rings. The second-order valence-electron chi connectivity index (χ2n) is 7.45. The Bertz CT molecular complexity index is 367. The van der Waals surface area contributed by atoms with Crippen molar-refractivity contribution in [3.8, 4) is 0 Å². The number of aliphatic hydroxyl groups is 1. The summed E-state index contributed by atoms with van der Waals surface area (Å²) < 4.78 is 0. The Labute approximate surface area is 115 Å². The SMILES string of the molecule is O=C(NCC1CCCC(O)C1)C1C2C3CCC(C3)C12. The van der Waals surface area contributed by atoms with Crippen LogP contribution in [0.2, 0.25) is 0 Å². The Kier molecular flexibility index (Phi) is 2.87. The van der Waals surface area contributed by atoms with Crippen LogP contribution in [0.5, 0.6) is 0 Å². The first kappa shape index (κ1) is 12.2. The van der Waals surface area contributed by atoms with Crippen LogP contribution >= 0.6 is 0 Å². The number of rotatable bonds is 3. The lowest BCUT2D eigenvalue weighted by Crippen LogP contribution is -2.34. The maximum absolute atomic E-state index is 12.3. The summed E-state index contributed by atoms with van der Waals surface area (Å²) in [6.45, 7) is 0.793. The molecule has 19 heavy (non-hydrogen) atoms. The standard InChI is InChI=1S/C16H25NO2/c18-12-3-1-2-9(6-12)8-17-16(19)15-13-10-4-5-11(7-10)14(13)15/h9-15,18H,1-8H2,(H,17,19). The van der Waals surface area contributed by atoms with E-state index in [0.29, 0.717) is 17.7 Å². The molecule has 106 valence electrons. The number of fused-ring (bicyclic) bond motifs is 5. The molecule has 0 aromatic heterocycles. The molecule has 0 aromatic carbocycles. The molecule has 4 rings (SSSR count). The molecule has 0 heterocycles. The molecule has 6 atom stereocenters. The molecule has 3 heteroatoms. The van der Waals surface area contributed by atoms with Crippen molar-refractivity contribution in [1.82, 2.24) is 5.32 Å². The van der Waals surface area contributed by atoms with Gasteiger partial charge in [0.2, 0.25) is 5.91 Å². The third kappa shape index (κ3) is 2.01. The summed E-state index contributed by atoms with van der Waals surface area (Å²) in [5.41, 5.74) is 0. The molecular formula is C16H25NO2. The molecule has 0 radical (unpaired) electrons. The molecule has 0 spiro atoms. The highest BCUT2D eigenvalue weighted by atomic mass is 16.3. The predicted octanol–water partition coefficient (Wildman–Crippen LogP) is 1.95. The number of carbonyl (C=O) groups excluding carboxylic acids is 1. The summed E-state index contributed by atoms with van der Waals surface area (Å²) in [5.74, 6) is 4.44. The van der Waals surface area contributed by atoms with E-state index < -0.39 is 0 Å². The van der Waals surface area contributed by atoms with Gasteiger partial charge in [-0.15, -0.1) is 0 Å². The second-order valence-corrected chi connectivity index (χ2v) is 7.45. The Morgan fingerprint density at radius 3 is 2.47 bits per heavy atom. The number of carbonyl (C=O) groups is 1. The third-order valence-electron chi connectivity index (χ3n) is 6.36. The minimum atomic E-state index is -0.133. The molecule has 2 bridgehead atoms.